The van der Waals surface area contributed by atoms with Gasteiger partial charge in [0.1, 0.15) is 5.75 Å². The van der Waals surface area contributed by atoms with Gasteiger partial charge in [-0.1, -0.05) is 31.2 Å². The molecule has 0 N–H and O–H groups in total. The molecule has 1 saturated heterocycles. The van der Waals surface area contributed by atoms with Crippen LogP contribution in [0.5, 0.6) is 5.75 Å². The molecular weight excluding hydrogens is 310 g/mol. The predicted octanol–water partition coefficient (Wildman–Crippen LogP) is 4.98. The number of benzene rings is 2. The van der Waals surface area contributed by atoms with E-state index in [9.17, 15) is 4.79 Å². The molecule has 2 aromatic rings. The van der Waals surface area contributed by atoms with Crippen LogP contribution in [0.1, 0.15) is 53.6 Å². The number of hydrogen-bond donors (Lipinski definition) is 0. The van der Waals surface area contributed by atoms with Gasteiger partial charge < -0.3 is 9.64 Å². The second-order valence-electron chi connectivity index (χ2n) is 6.87. The highest BCUT2D eigenvalue weighted by Gasteiger charge is 2.23. The van der Waals surface area contributed by atoms with Crippen LogP contribution in [0.3, 0.4) is 0 Å². The number of methoxy groups -OCH3 is 1. The number of anilines is 1. The van der Waals surface area contributed by atoms with Crippen molar-refractivity contribution in [3.63, 3.8) is 0 Å². The average Bonchev–Trinajstić information content (AvgIpc) is 2.67. The fourth-order valence-corrected chi connectivity index (χ4v) is 3.68. The third-order valence-corrected chi connectivity index (χ3v) is 5.22. The monoisotopic (exact) mass is 337 g/mol. The standard InChI is InChI=1S/C22H27NO2/c1-16-9-5-6-10-19(16)17(2)22(24)20-12-11-18(15-21(20)25-3)23-13-7-4-8-14-23/h5-6,9-12,15,17H,4,7-8,13-14H2,1-3H3. The zero-order valence-electron chi connectivity index (χ0n) is 15.4. The summed E-state index contributed by atoms with van der Waals surface area (Å²) >= 11 is 0. The lowest BCUT2D eigenvalue weighted by molar-refractivity contribution is 0.0963. The van der Waals surface area contributed by atoms with E-state index in [1.807, 2.05) is 37.3 Å². The normalized spacial score (nSPS) is 15.7. The Labute approximate surface area is 150 Å². The molecule has 3 nitrogen and oxygen atoms in total. The van der Waals surface area contributed by atoms with Crippen molar-refractivity contribution in [2.45, 2.75) is 39.0 Å². The largest absolute Gasteiger partial charge is 0.496 e. The minimum Gasteiger partial charge on any atom is -0.496 e. The lowest BCUT2D eigenvalue weighted by Crippen LogP contribution is -2.29. The van der Waals surface area contributed by atoms with E-state index in [4.69, 9.17) is 4.74 Å². The van der Waals surface area contributed by atoms with Crippen LogP contribution in [-0.4, -0.2) is 26.0 Å². The molecule has 3 rings (SSSR count). The van der Waals surface area contributed by atoms with E-state index in [0.29, 0.717) is 11.3 Å². The van der Waals surface area contributed by atoms with Crippen molar-refractivity contribution in [2.24, 2.45) is 0 Å². The van der Waals surface area contributed by atoms with Crippen LogP contribution in [0.15, 0.2) is 42.5 Å². The fourth-order valence-electron chi connectivity index (χ4n) is 3.68. The summed E-state index contributed by atoms with van der Waals surface area (Å²) in [6, 6.07) is 14.1. The van der Waals surface area contributed by atoms with Crippen molar-refractivity contribution < 1.29 is 9.53 Å². The van der Waals surface area contributed by atoms with Gasteiger partial charge in [0.15, 0.2) is 5.78 Å². The second kappa shape index (κ2) is 7.73. The highest BCUT2D eigenvalue weighted by molar-refractivity contribution is 6.03. The molecule has 1 heterocycles. The van der Waals surface area contributed by atoms with E-state index in [0.717, 1.165) is 29.9 Å². The number of Topliss-reactive ketones (excluding diaryl/α,β-unsaturated/α-hetero) is 1. The molecule has 3 heteroatoms. The molecule has 0 aromatic heterocycles. The summed E-state index contributed by atoms with van der Waals surface area (Å²) in [5.41, 5.74) is 4.04. The molecule has 1 atom stereocenters. The quantitative estimate of drug-likeness (QED) is 0.721. The zero-order valence-corrected chi connectivity index (χ0v) is 15.4. The highest BCUT2D eigenvalue weighted by atomic mass is 16.5. The summed E-state index contributed by atoms with van der Waals surface area (Å²) in [6.07, 6.45) is 3.76. The zero-order chi connectivity index (χ0) is 17.8. The smallest absolute Gasteiger partial charge is 0.173 e. The second-order valence-corrected chi connectivity index (χ2v) is 6.87. The van der Waals surface area contributed by atoms with Crippen LogP contribution in [0.2, 0.25) is 0 Å². The highest BCUT2D eigenvalue weighted by Crippen LogP contribution is 2.32. The first kappa shape index (κ1) is 17.5. The van der Waals surface area contributed by atoms with Gasteiger partial charge in [-0.05, 0) is 49.4 Å². The summed E-state index contributed by atoms with van der Waals surface area (Å²) in [7, 11) is 1.64. The molecule has 1 unspecified atom stereocenters. The Hall–Kier alpha value is -2.29. The number of nitrogens with zero attached hydrogens (tertiary/aromatic N) is 1. The molecule has 0 spiro atoms. The van der Waals surface area contributed by atoms with Gasteiger partial charge in [0.05, 0.1) is 12.7 Å². The van der Waals surface area contributed by atoms with Crippen molar-refractivity contribution in [1.82, 2.24) is 0 Å². The Morgan fingerprint density at radius 3 is 2.48 bits per heavy atom. The van der Waals surface area contributed by atoms with E-state index < -0.39 is 0 Å². The summed E-state index contributed by atoms with van der Waals surface area (Å²) in [5, 5.41) is 0. The Balaban J connectivity index is 1.88. The first-order chi connectivity index (χ1) is 12.1. The molecule has 0 radical (unpaired) electrons. The number of piperidine rings is 1. The Morgan fingerprint density at radius 2 is 1.80 bits per heavy atom. The number of carbonyl (C=O) groups is 1. The first-order valence-electron chi connectivity index (χ1n) is 9.14. The fraction of sp³-hybridized carbons (Fsp3) is 0.409. The van der Waals surface area contributed by atoms with Gasteiger partial charge in [0.2, 0.25) is 0 Å². The van der Waals surface area contributed by atoms with E-state index in [-0.39, 0.29) is 11.7 Å². The molecular formula is C22H27NO2. The minimum absolute atomic E-state index is 0.108. The first-order valence-corrected chi connectivity index (χ1v) is 9.14. The van der Waals surface area contributed by atoms with Crippen LogP contribution < -0.4 is 9.64 Å². The molecule has 1 aliphatic heterocycles. The lowest BCUT2D eigenvalue weighted by Gasteiger charge is -2.29. The third-order valence-electron chi connectivity index (χ3n) is 5.22. The molecule has 25 heavy (non-hydrogen) atoms. The number of ketones is 1. The summed E-state index contributed by atoms with van der Waals surface area (Å²) < 4.78 is 5.57. The van der Waals surface area contributed by atoms with E-state index in [1.165, 1.54) is 19.3 Å². The van der Waals surface area contributed by atoms with Crippen molar-refractivity contribution in [1.29, 1.82) is 0 Å². The minimum atomic E-state index is -0.184. The maximum atomic E-state index is 13.1. The van der Waals surface area contributed by atoms with Crippen molar-refractivity contribution in [3.05, 3.63) is 59.2 Å². The third kappa shape index (κ3) is 3.71. The number of rotatable bonds is 5. The molecule has 0 bridgehead atoms. The molecule has 2 aromatic carbocycles. The lowest BCUT2D eigenvalue weighted by atomic mass is 9.89. The van der Waals surface area contributed by atoms with Crippen molar-refractivity contribution >= 4 is 11.5 Å². The van der Waals surface area contributed by atoms with Crippen LogP contribution in [0, 0.1) is 6.92 Å². The Kier molecular flexibility index (Phi) is 5.42. The number of hydrogen-bond acceptors (Lipinski definition) is 3. The molecule has 1 fully saturated rings. The van der Waals surface area contributed by atoms with Gasteiger partial charge in [-0.15, -0.1) is 0 Å². The number of aryl methyl sites for hydroxylation is 1. The SMILES string of the molecule is COc1cc(N2CCCCC2)ccc1C(=O)C(C)c1ccccc1C. The molecule has 0 saturated carbocycles. The van der Waals surface area contributed by atoms with Crippen molar-refractivity contribution in [3.8, 4) is 5.75 Å². The van der Waals surface area contributed by atoms with Gasteiger partial charge in [-0.2, -0.15) is 0 Å². The maximum absolute atomic E-state index is 13.1. The summed E-state index contributed by atoms with van der Waals surface area (Å²) in [4.78, 5) is 15.5. The van der Waals surface area contributed by atoms with Gasteiger partial charge in [0, 0.05) is 30.8 Å². The molecule has 1 aliphatic rings. The van der Waals surface area contributed by atoms with E-state index in [2.05, 4.69) is 24.0 Å². The summed E-state index contributed by atoms with van der Waals surface area (Å²) in [6.45, 7) is 6.19. The van der Waals surface area contributed by atoms with Gasteiger partial charge >= 0.3 is 0 Å². The van der Waals surface area contributed by atoms with E-state index >= 15 is 0 Å². The van der Waals surface area contributed by atoms with Gasteiger partial charge in [-0.3, -0.25) is 4.79 Å². The molecule has 0 aliphatic carbocycles. The van der Waals surface area contributed by atoms with Gasteiger partial charge in [0.25, 0.3) is 0 Å². The van der Waals surface area contributed by atoms with Gasteiger partial charge in [-0.25, -0.2) is 0 Å². The van der Waals surface area contributed by atoms with Crippen LogP contribution in [-0.2, 0) is 0 Å². The number of carbonyl (C=O) groups excluding carboxylic acids is 1. The average molecular weight is 337 g/mol. The van der Waals surface area contributed by atoms with Crippen LogP contribution in [0.4, 0.5) is 5.69 Å². The van der Waals surface area contributed by atoms with E-state index in [1.54, 1.807) is 7.11 Å². The van der Waals surface area contributed by atoms with Crippen LogP contribution >= 0.6 is 0 Å². The number of ether oxygens (including phenoxy) is 1. The maximum Gasteiger partial charge on any atom is 0.173 e. The summed E-state index contributed by atoms with van der Waals surface area (Å²) in [5.74, 6) is 0.598. The predicted molar refractivity (Wildman–Crippen MR) is 103 cm³/mol. The molecule has 0 amide bonds. The molecule has 132 valence electrons. The Bertz CT molecular complexity index is 747. The Morgan fingerprint density at radius 1 is 1.08 bits per heavy atom. The van der Waals surface area contributed by atoms with Crippen molar-refractivity contribution in [2.75, 3.05) is 25.1 Å². The van der Waals surface area contributed by atoms with Crippen LogP contribution in [0.25, 0.3) is 0 Å². The topological polar surface area (TPSA) is 29.5 Å².